The average molecular weight is 1510 g/mol. The maximum atomic E-state index is 2.99. The fourth-order valence-electron chi connectivity index (χ4n) is 23.4. The molecule has 3 nitrogen and oxygen atoms in total. The highest BCUT2D eigenvalue weighted by molar-refractivity contribution is 7.00. The van der Waals surface area contributed by atoms with Crippen molar-refractivity contribution in [1.82, 2.24) is 0 Å². The van der Waals surface area contributed by atoms with Gasteiger partial charge in [0.05, 0.1) is 11.4 Å². The molecule has 6 aliphatic rings. The highest BCUT2D eigenvalue weighted by Gasteiger charge is 2.50. The Morgan fingerprint density at radius 1 is 0.210 bits per heavy atom. The van der Waals surface area contributed by atoms with Crippen molar-refractivity contribution in [2.75, 3.05) is 14.7 Å². The Hall–Kier alpha value is -14.3. The van der Waals surface area contributed by atoms with Crippen LogP contribution in [0.4, 0.5) is 39.8 Å². The van der Waals surface area contributed by atoms with Crippen molar-refractivity contribution < 1.29 is 0 Å². The third kappa shape index (κ3) is 10.1. The molecule has 4 bridgehead atoms. The number of hydrogen-bond acceptors (Lipinski definition) is 3. The molecule has 0 radical (unpaired) electrons. The molecule has 21 aromatic carbocycles. The number of hydrogen-bond donors (Lipinski definition) is 0. The molecule has 4 heteroatoms. The van der Waals surface area contributed by atoms with Crippen molar-refractivity contribution in [2.24, 2.45) is 11.8 Å². The summed E-state index contributed by atoms with van der Waals surface area (Å²) in [6.45, 7) is -0.264. The monoisotopic (exact) mass is 1510 g/mol. The summed E-state index contributed by atoms with van der Waals surface area (Å²) in [5.41, 5.74) is 30.9. The molecule has 2 saturated carbocycles. The maximum Gasteiger partial charge on any atom is 0.252 e. The molecule has 2 aliphatic carbocycles. The predicted octanol–water partition coefficient (Wildman–Crippen LogP) is 29.0. The Balaban J connectivity index is 0.842. The normalized spacial score (nSPS) is 16.5. The number of anilines is 7. The van der Waals surface area contributed by atoms with E-state index >= 15 is 0 Å². The number of nitrogens with zero attached hydrogens (tertiary/aromatic N) is 3. The first-order valence-electron chi connectivity index (χ1n) is 42.7. The summed E-state index contributed by atoms with van der Waals surface area (Å²) in [6.07, 6.45) is 6.21. The predicted molar refractivity (Wildman–Crippen MR) is 506 cm³/mol. The van der Waals surface area contributed by atoms with Crippen LogP contribution in [0.1, 0.15) is 32.1 Å². The van der Waals surface area contributed by atoms with Crippen molar-refractivity contribution in [1.29, 1.82) is 0 Å². The highest BCUT2D eigenvalue weighted by Crippen LogP contribution is 2.59. The van der Waals surface area contributed by atoms with Crippen LogP contribution in [0.2, 0.25) is 0 Å². The van der Waals surface area contributed by atoms with Crippen LogP contribution in [0, 0.1) is 11.8 Å². The molecule has 0 amide bonds. The van der Waals surface area contributed by atoms with Crippen molar-refractivity contribution >= 4 is 149 Å². The lowest BCUT2D eigenvalue weighted by molar-refractivity contribution is 0.0900. The van der Waals surface area contributed by atoms with Gasteiger partial charge in [-0.1, -0.05) is 340 Å². The van der Waals surface area contributed by atoms with Gasteiger partial charge in [-0.05, 0) is 262 Å². The first-order chi connectivity index (χ1) is 59.0. The van der Waals surface area contributed by atoms with E-state index in [-0.39, 0.29) is 6.71 Å². The van der Waals surface area contributed by atoms with Crippen LogP contribution in [-0.2, 0) is 0 Å². The summed E-state index contributed by atoms with van der Waals surface area (Å²) in [7, 11) is 0. The van der Waals surface area contributed by atoms with E-state index in [1.807, 2.05) is 0 Å². The van der Waals surface area contributed by atoms with Crippen LogP contribution in [0.5, 0.6) is 0 Å². The Kier molecular flexibility index (Phi) is 14.7. The second-order valence-corrected chi connectivity index (χ2v) is 34.4. The molecular formula is C115H78BN3. The smallest absolute Gasteiger partial charge is 0.252 e. The molecule has 0 atom stereocenters. The fraction of sp³-hybridized carbons (Fsp3) is 0.0783. The number of rotatable bonds is 11. The molecule has 0 N–H and O–H groups in total. The van der Waals surface area contributed by atoms with Crippen LogP contribution in [-0.4, -0.2) is 18.8 Å². The van der Waals surface area contributed by atoms with Gasteiger partial charge in [0.15, 0.2) is 0 Å². The van der Waals surface area contributed by atoms with E-state index in [2.05, 4.69) is 403 Å². The van der Waals surface area contributed by atoms with E-state index in [1.54, 1.807) is 0 Å². The summed E-state index contributed by atoms with van der Waals surface area (Å²) in [4.78, 5) is 8.64. The molecule has 4 aliphatic heterocycles. The molecule has 119 heavy (non-hydrogen) atoms. The third-order valence-electron chi connectivity index (χ3n) is 28.1. The lowest BCUT2D eigenvalue weighted by Crippen LogP contribution is -2.62. The van der Waals surface area contributed by atoms with E-state index in [9.17, 15) is 0 Å². The molecule has 556 valence electrons. The van der Waals surface area contributed by atoms with Gasteiger partial charge in [0.25, 0.3) is 6.71 Å². The fourth-order valence-corrected chi connectivity index (χ4v) is 23.4. The Morgan fingerprint density at radius 3 is 0.882 bits per heavy atom. The van der Waals surface area contributed by atoms with Crippen LogP contribution in [0.25, 0.3) is 175 Å². The quantitative estimate of drug-likeness (QED) is 0.0726. The maximum absolute atomic E-state index is 2.99. The summed E-state index contributed by atoms with van der Waals surface area (Å²) in [6, 6.07) is 151. The number of benzene rings is 21. The second-order valence-electron chi connectivity index (χ2n) is 34.4. The molecule has 0 aromatic heterocycles. The molecule has 0 spiro atoms. The zero-order chi connectivity index (χ0) is 77.7. The Bertz CT molecular complexity index is 7140. The molecule has 2 saturated heterocycles. The largest absolute Gasteiger partial charge is 0.365 e. The first kappa shape index (κ1) is 66.9. The van der Waals surface area contributed by atoms with E-state index < -0.39 is 0 Å². The first-order valence-corrected chi connectivity index (χ1v) is 42.7. The summed E-state index contributed by atoms with van der Waals surface area (Å²) in [5.74, 6) is 1.47. The van der Waals surface area contributed by atoms with Crippen LogP contribution in [0.15, 0.2) is 388 Å². The Labute approximate surface area is 692 Å². The van der Waals surface area contributed by atoms with Crippen LogP contribution in [0.3, 0.4) is 0 Å². The van der Waals surface area contributed by atoms with Gasteiger partial charge in [-0.15, -0.1) is 0 Å². The molecule has 4 fully saturated rings. The molecule has 27 rings (SSSR count). The second kappa shape index (κ2) is 26.1. The molecule has 21 aromatic rings. The van der Waals surface area contributed by atoms with E-state index in [4.69, 9.17) is 0 Å². The molecular weight excluding hydrogens is 1430 g/mol. The Morgan fingerprint density at radius 2 is 0.529 bits per heavy atom. The summed E-state index contributed by atoms with van der Waals surface area (Å²) >= 11 is 0. The van der Waals surface area contributed by atoms with E-state index in [0.29, 0.717) is 12.1 Å². The van der Waals surface area contributed by atoms with Gasteiger partial charge in [0.1, 0.15) is 0 Å². The lowest BCUT2D eigenvalue weighted by atomic mass is 9.33. The minimum absolute atomic E-state index is 0.264. The third-order valence-corrected chi connectivity index (χ3v) is 28.1. The number of fused-ring (bicyclic) bond motifs is 8. The summed E-state index contributed by atoms with van der Waals surface area (Å²) < 4.78 is 0. The van der Waals surface area contributed by atoms with Gasteiger partial charge in [0.2, 0.25) is 0 Å². The standard InChI is InChI=1S/C115H78BN3/c1-7-25-72(26-8-1)84-62-97(74-29-11-3-12-30-74)114(98(63-84)75-31-13-4-14-32-75)118-103-66-82(89-53-49-80-41-21-45-93-91-43-19-37-78-39-23-47-95(107(78)91)111(89)109(80)93)51-55-101(103)116-102-56-52-83(90-54-50-81-42-22-46-94-92-44-20-38-79-40-24-48-96(108(79)92)112(90)110(81)94)67-104(102)119(106-69-88(68-105(118)113(106)116)117-86-58-70-57-71(60-86)61-87(117)59-70)115-99(76-33-15-5-16-34-76)64-85(73-27-9-2-10-28-73)65-100(115)77-35-17-6-18-36-77/h1-56,62-71,86-87H,57-61H2. The van der Waals surface area contributed by atoms with Crippen molar-refractivity contribution in [3.05, 3.63) is 388 Å². The van der Waals surface area contributed by atoms with Gasteiger partial charge < -0.3 is 14.7 Å². The van der Waals surface area contributed by atoms with E-state index in [0.717, 1.165) is 67.7 Å². The van der Waals surface area contributed by atoms with Crippen molar-refractivity contribution in [3.63, 3.8) is 0 Å². The van der Waals surface area contributed by atoms with Crippen molar-refractivity contribution in [2.45, 2.75) is 44.2 Å². The topological polar surface area (TPSA) is 9.72 Å². The van der Waals surface area contributed by atoms with Crippen molar-refractivity contribution in [3.8, 4) is 89.0 Å². The SMILES string of the molecule is c1ccc(-c2cc(-c3ccccc3)c(N3c4cc(-c5ccc6cccc7c8cccc9cccc(c5c67)c98)ccc4B4c5ccc(-c6ccc7cccc8c9cccc%10cccc(c6c78)c%109)cc5N(c5c(-c6ccccc6)cc(-c6ccccc6)cc5-c5ccccc5)c5cc(N6C7CC8CC(C7)CC6C8)cc3c54)c(-c3ccccc3)c2)cc1. The lowest BCUT2D eigenvalue weighted by Gasteiger charge is -2.58. The van der Waals surface area contributed by atoms with Crippen LogP contribution >= 0.6 is 0 Å². The minimum atomic E-state index is -0.264. The van der Waals surface area contributed by atoms with Gasteiger partial charge in [-0.2, -0.15) is 0 Å². The average Bonchev–Trinajstić information content (AvgIpc) is 0.688. The van der Waals surface area contributed by atoms with Gasteiger partial charge in [-0.3, -0.25) is 0 Å². The van der Waals surface area contributed by atoms with Gasteiger partial charge in [-0.25, -0.2) is 0 Å². The van der Waals surface area contributed by atoms with Crippen LogP contribution < -0.4 is 31.1 Å². The summed E-state index contributed by atoms with van der Waals surface area (Å²) in [5, 5.41) is 20.6. The highest BCUT2D eigenvalue weighted by atomic mass is 15.2. The van der Waals surface area contributed by atoms with Gasteiger partial charge >= 0.3 is 0 Å². The number of piperidine rings is 2. The van der Waals surface area contributed by atoms with E-state index in [1.165, 1.54) is 208 Å². The zero-order valence-electron chi connectivity index (χ0n) is 65.7. The molecule has 0 unspecified atom stereocenters. The molecule has 4 heterocycles. The van der Waals surface area contributed by atoms with Gasteiger partial charge in [0, 0.05) is 62.8 Å². The minimum Gasteiger partial charge on any atom is -0.365 e. The zero-order valence-corrected chi connectivity index (χ0v) is 65.7.